The lowest BCUT2D eigenvalue weighted by atomic mass is 10.2. The minimum atomic E-state index is -2.99. The first-order valence-corrected chi connectivity index (χ1v) is 9.14. The minimum Gasteiger partial charge on any atom is -0.465 e. The zero-order valence-electron chi connectivity index (χ0n) is 12.9. The van der Waals surface area contributed by atoms with E-state index in [9.17, 15) is 18.0 Å². The number of hydrogen-bond donors (Lipinski definition) is 2. The molecule has 2 N–H and O–H groups in total. The third-order valence-electron chi connectivity index (χ3n) is 3.56. The Morgan fingerprint density at radius 3 is 2.78 bits per heavy atom. The summed E-state index contributed by atoms with van der Waals surface area (Å²) < 4.78 is 27.3. The maximum atomic E-state index is 11.8. The summed E-state index contributed by atoms with van der Waals surface area (Å²) in [4.78, 5) is 23.2. The van der Waals surface area contributed by atoms with Crippen LogP contribution in [0.2, 0.25) is 0 Å². The van der Waals surface area contributed by atoms with Gasteiger partial charge in [-0.2, -0.15) is 0 Å². The van der Waals surface area contributed by atoms with Gasteiger partial charge in [-0.05, 0) is 24.6 Å². The van der Waals surface area contributed by atoms with Crippen LogP contribution in [-0.4, -0.2) is 51.5 Å². The lowest BCUT2D eigenvalue weighted by Gasteiger charge is -2.11. The van der Waals surface area contributed by atoms with E-state index < -0.39 is 15.8 Å². The molecule has 7 nitrogen and oxygen atoms in total. The highest BCUT2D eigenvalue weighted by Crippen LogP contribution is 2.12. The number of methoxy groups -OCH3 is 1. The summed E-state index contributed by atoms with van der Waals surface area (Å²) in [5, 5.41) is 5.78. The molecule has 0 saturated carbocycles. The number of esters is 1. The fourth-order valence-electron chi connectivity index (χ4n) is 2.40. The van der Waals surface area contributed by atoms with Crippen LogP contribution >= 0.6 is 0 Å². The number of hydrogen-bond acceptors (Lipinski definition) is 6. The molecule has 2 rings (SSSR count). The molecule has 126 valence electrons. The number of amides is 1. The van der Waals surface area contributed by atoms with Crippen LogP contribution in [0.5, 0.6) is 0 Å². The highest BCUT2D eigenvalue weighted by molar-refractivity contribution is 7.91. The molecule has 23 heavy (non-hydrogen) atoms. The number of carbonyl (C=O) groups is 2. The number of carbonyl (C=O) groups excluding carboxylic acids is 2. The molecule has 0 spiro atoms. The van der Waals surface area contributed by atoms with E-state index in [2.05, 4.69) is 15.4 Å². The zero-order chi connectivity index (χ0) is 16.9. The lowest BCUT2D eigenvalue weighted by molar-refractivity contribution is -0.121. The molecule has 1 amide bonds. The predicted octanol–water partition coefficient (Wildman–Crippen LogP) is 0.579. The van der Waals surface area contributed by atoms with Gasteiger partial charge in [0.05, 0.1) is 24.2 Å². The average molecular weight is 340 g/mol. The first-order chi connectivity index (χ1) is 10.9. The van der Waals surface area contributed by atoms with Crippen LogP contribution in [0.1, 0.15) is 23.2 Å². The van der Waals surface area contributed by atoms with E-state index in [1.807, 2.05) is 0 Å². The van der Waals surface area contributed by atoms with E-state index in [1.54, 1.807) is 24.3 Å². The third-order valence-corrected chi connectivity index (χ3v) is 5.33. The maximum absolute atomic E-state index is 11.8. The van der Waals surface area contributed by atoms with Crippen LogP contribution < -0.4 is 10.6 Å². The van der Waals surface area contributed by atoms with Crippen molar-refractivity contribution < 1.29 is 22.7 Å². The second kappa shape index (κ2) is 7.45. The van der Waals surface area contributed by atoms with Crippen molar-refractivity contribution in [1.82, 2.24) is 5.32 Å². The Morgan fingerprint density at radius 1 is 1.35 bits per heavy atom. The molecule has 0 aliphatic carbocycles. The number of sulfone groups is 1. The molecule has 1 fully saturated rings. The molecule has 1 unspecified atom stereocenters. The number of anilines is 1. The van der Waals surface area contributed by atoms with Crippen molar-refractivity contribution in [2.24, 2.45) is 0 Å². The van der Waals surface area contributed by atoms with Crippen LogP contribution in [0, 0.1) is 0 Å². The second-order valence-electron chi connectivity index (χ2n) is 5.42. The SMILES string of the molecule is COC(=O)c1cccc(NCCC(=O)NC2CCS(=O)(=O)C2)c1. The van der Waals surface area contributed by atoms with Crippen molar-refractivity contribution in [3.63, 3.8) is 0 Å². The first kappa shape index (κ1) is 17.3. The summed E-state index contributed by atoms with van der Waals surface area (Å²) in [6.45, 7) is 0.385. The number of ether oxygens (including phenoxy) is 1. The molecule has 0 bridgehead atoms. The fraction of sp³-hybridized carbons (Fsp3) is 0.467. The Hall–Kier alpha value is -2.09. The molecule has 1 aromatic rings. The number of rotatable bonds is 6. The normalized spacial score (nSPS) is 19.1. The molecular weight excluding hydrogens is 320 g/mol. The largest absolute Gasteiger partial charge is 0.465 e. The summed E-state index contributed by atoms with van der Waals surface area (Å²) >= 11 is 0. The average Bonchev–Trinajstić information content (AvgIpc) is 2.85. The van der Waals surface area contributed by atoms with Crippen molar-refractivity contribution in [1.29, 1.82) is 0 Å². The standard InChI is InChI=1S/C15H20N2O5S/c1-22-15(19)11-3-2-4-12(9-11)16-7-5-14(18)17-13-6-8-23(20,21)10-13/h2-4,9,13,16H,5-8,10H2,1H3,(H,17,18). The van der Waals surface area contributed by atoms with Gasteiger partial charge in [-0.15, -0.1) is 0 Å². The zero-order valence-corrected chi connectivity index (χ0v) is 13.7. The summed E-state index contributed by atoms with van der Waals surface area (Å²) in [5.74, 6) is -0.457. The molecule has 1 aliphatic rings. The van der Waals surface area contributed by atoms with Crippen LogP contribution in [0.15, 0.2) is 24.3 Å². The maximum Gasteiger partial charge on any atom is 0.337 e. The van der Waals surface area contributed by atoms with E-state index in [0.717, 1.165) is 0 Å². The van der Waals surface area contributed by atoms with E-state index >= 15 is 0 Å². The molecule has 1 saturated heterocycles. The number of benzene rings is 1. The van der Waals surface area contributed by atoms with Gasteiger partial charge in [0.1, 0.15) is 0 Å². The molecule has 1 aliphatic heterocycles. The van der Waals surface area contributed by atoms with Gasteiger partial charge in [-0.3, -0.25) is 4.79 Å². The van der Waals surface area contributed by atoms with Gasteiger partial charge in [0.25, 0.3) is 0 Å². The summed E-state index contributed by atoms with van der Waals surface area (Å²) in [7, 11) is -1.68. The Bertz CT molecular complexity index is 687. The van der Waals surface area contributed by atoms with Crippen molar-refractivity contribution in [2.45, 2.75) is 18.9 Å². The van der Waals surface area contributed by atoms with Gasteiger partial charge in [-0.1, -0.05) is 6.07 Å². The Labute approximate surface area is 135 Å². The second-order valence-corrected chi connectivity index (χ2v) is 7.65. The fourth-order valence-corrected chi connectivity index (χ4v) is 4.08. The Kier molecular flexibility index (Phi) is 5.59. The number of nitrogens with one attached hydrogen (secondary N) is 2. The third kappa shape index (κ3) is 5.24. The highest BCUT2D eigenvalue weighted by Gasteiger charge is 2.28. The van der Waals surface area contributed by atoms with Gasteiger partial charge in [-0.25, -0.2) is 13.2 Å². The summed E-state index contributed by atoms with van der Waals surface area (Å²) in [6, 6.07) is 6.51. The van der Waals surface area contributed by atoms with Gasteiger partial charge >= 0.3 is 5.97 Å². The molecule has 0 aromatic heterocycles. The van der Waals surface area contributed by atoms with Gasteiger partial charge in [0, 0.05) is 24.7 Å². The molecule has 0 radical (unpaired) electrons. The van der Waals surface area contributed by atoms with Crippen molar-refractivity contribution in [3.05, 3.63) is 29.8 Å². The smallest absolute Gasteiger partial charge is 0.337 e. The molecule has 1 atom stereocenters. The molecule has 1 aromatic carbocycles. The van der Waals surface area contributed by atoms with Crippen LogP contribution in [0.3, 0.4) is 0 Å². The van der Waals surface area contributed by atoms with Crippen molar-refractivity contribution in [2.75, 3.05) is 30.5 Å². The molecule has 8 heteroatoms. The Balaban J connectivity index is 1.76. The van der Waals surface area contributed by atoms with Gasteiger partial charge in [0.2, 0.25) is 5.91 Å². The summed E-state index contributed by atoms with van der Waals surface area (Å²) in [6.07, 6.45) is 0.696. The predicted molar refractivity (Wildman–Crippen MR) is 86.1 cm³/mol. The molecular formula is C15H20N2O5S. The van der Waals surface area contributed by atoms with E-state index in [4.69, 9.17) is 0 Å². The topological polar surface area (TPSA) is 102 Å². The lowest BCUT2D eigenvalue weighted by Crippen LogP contribution is -2.36. The summed E-state index contributed by atoms with van der Waals surface area (Å²) in [5.41, 5.74) is 1.14. The first-order valence-electron chi connectivity index (χ1n) is 7.31. The van der Waals surface area contributed by atoms with E-state index in [1.165, 1.54) is 7.11 Å². The quantitative estimate of drug-likeness (QED) is 0.735. The van der Waals surface area contributed by atoms with Crippen LogP contribution in [-0.2, 0) is 19.4 Å². The highest BCUT2D eigenvalue weighted by atomic mass is 32.2. The van der Waals surface area contributed by atoms with Crippen LogP contribution in [0.4, 0.5) is 5.69 Å². The van der Waals surface area contributed by atoms with E-state index in [-0.39, 0.29) is 29.9 Å². The molecule has 1 heterocycles. The van der Waals surface area contributed by atoms with Gasteiger partial charge in [0.15, 0.2) is 9.84 Å². The Morgan fingerprint density at radius 2 is 2.13 bits per heavy atom. The van der Waals surface area contributed by atoms with Crippen molar-refractivity contribution in [3.8, 4) is 0 Å². The van der Waals surface area contributed by atoms with Gasteiger partial charge < -0.3 is 15.4 Å². The van der Waals surface area contributed by atoms with E-state index in [0.29, 0.717) is 24.2 Å². The van der Waals surface area contributed by atoms with Crippen LogP contribution in [0.25, 0.3) is 0 Å². The monoisotopic (exact) mass is 340 g/mol. The van der Waals surface area contributed by atoms with Crippen molar-refractivity contribution >= 4 is 27.4 Å². The minimum absolute atomic E-state index is 0.0212.